The topological polar surface area (TPSA) is 67.2 Å². The summed E-state index contributed by atoms with van der Waals surface area (Å²) in [5, 5.41) is 8.55. The fourth-order valence-corrected chi connectivity index (χ4v) is 1.53. The molecule has 0 spiro atoms. The minimum absolute atomic E-state index is 0.0509. The van der Waals surface area contributed by atoms with Gasteiger partial charge in [-0.1, -0.05) is 0 Å². The number of alkyl halides is 3. The first-order chi connectivity index (χ1) is 9.24. The minimum atomic E-state index is -4.81. The van der Waals surface area contributed by atoms with Gasteiger partial charge in [0.2, 0.25) is 0 Å². The summed E-state index contributed by atoms with van der Waals surface area (Å²) in [7, 11) is 0. The lowest BCUT2D eigenvalue weighted by molar-refractivity contribution is -0.274. The Morgan fingerprint density at radius 1 is 1.30 bits per heavy atom. The molecule has 0 fully saturated rings. The molecule has 0 radical (unpaired) electrons. The Morgan fingerprint density at radius 3 is 2.25 bits per heavy atom. The van der Waals surface area contributed by atoms with Crippen LogP contribution < -0.4 is 4.74 Å². The highest BCUT2D eigenvalue weighted by molar-refractivity contribution is 6.10. The van der Waals surface area contributed by atoms with E-state index in [9.17, 15) is 22.8 Å². The average Bonchev–Trinajstić information content (AvgIpc) is 2.33. The molecule has 106 valence electrons. The van der Waals surface area contributed by atoms with Crippen LogP contribution in [0.4, 0.5) is 13.2 Å². The maximum atomic E-state index is 12.0. The zero-order valence-electron chi connectivity index (χ0n) is 10.4. The average molecular weight is 285 g/mol. The van der Waals surface area contributed by atoms with E-state index in [-0.39, 0.29) is 12.0 Å². The van der Waals surface area contributed by atoms with Crippen LogP contribution in [0.3, 0.4) is 0 Å². The summed E-state index contributed by atoms with van der Waals surface area (Å²) in [6, 6.07) is 5.92. The fourth-order valence-electron chi connectivity index (χ4n) is 1.53. The van der Waals surface area contributed by atoms with Crippen LogP contribution in [0.25, 0.3) is 0 Å². The molecule has 0 heterocycles. The van der Waals surface area contributed by atoms with Crippen molar-refractivity contribution < 1.29 is 27.5 Å². The number of halogens is 3. The molecule has 1 atom stereocenters. The molecule has 0 aliphatic rings. The van der Waals surface area contributed by atoms with Crippen LogP contribution in [-0.2, 0) is 4.79 Å². The van der Waals surface area contributed by atoms with Gasteiger partial charge in [-0.2, -0.15) is 5.26 Å². The van der Waals surface area contributed by atoms with E-state index in [0.29, 0.717) is 0 Å². The molecule has 0 aliphatic carbocycles. The zero-order valence-corrected chi connectivity index (χ0v) is 10.4. The number of benzene rings is 1. The molecule has 0 bridgehead atoms. The fraction of sp³-hybridized carbons (Fsp3) is 0.308. The molecule has 1 aromatic rings. The standard InChI is InChI=1S/C13H10F3NO3/c1-8(18)11(6-7-17)12(19)9-2-4-10(5-3-9)20-13(14,15)16/h2-5,11H,6H2,1H3. The highest BCUT2D eigenvalue weighted by atomic mass is 19.4. The molecule has 1 aromatic carbocycles. The van der Waals surface area contributed by atoms with Gasteiger partial charge in [0, 0.05) is 5.56 Å². The number of carbonyl (C=O) groups excluding carboxylic acids is 2. The Bertz CT molecular complexity index is 543. The van der Waals surface area contributed by atoms with Gasteiger partial charge in [-0.15, -0.1) is 13.2 Å². The van der Waals surface area contributed by atoms with Gasteiger partial charge in [0.15, 0.2) is 5.78 Å². The number of nitriles is 1. The van der Waals surface area contributed by atoms with Gasteiger partial charge in [-0.25, -0.2) is 0 Å². The molecular formula is C13H10F3NO3. The summed E-state index contributed by atoms with van der Waals surface area (Å²) in [5.41, 5.74) is 0.0509. The lowest BCUT2D eigenvalue weighted by Gasteiger charge is -2.11. The van der Waals surface area contributed by atoms with E-state index >= 15 is 0 Å². The van der Waals surface area contributed by atoms with Gasteiger partial charge >= 0.3 is 6.36 Å². The number of carbonyl (C=O) groups is 2. The van der Waals surface area contributed by atoms with Crippen LogP contribution in [0, 0.1) is 17.2 Å². The second-order valence-corrected chi connectivity index (χ2v) is 3.96. The largest absolute Gasteiger partial charge is 0.573 e. The number of ether oxygens (including phenoxy) is 1. The van der Waals surface area contributed by atoms with Crippen LogP contribution in [0.15, 0.2) is 24.3 Å². The molecule has 0 amide bonds. The quantitative estimate of drug-likeness (QED) is 0.616. The predicted octanol–water partition coefficient (Wildman–Crippen LogP) is 2.89. The number of hydrogen-bond acceptors (Lipinski definition) is 4. The van der Waals surface area contributed by atoms with E-state index in [1.807, 2.05) is 0 Å². The molecule has 20 heavy (non-hydrogen) atoms. The van der Waals surface area contributed by atoms with Crippen molar-refractivity contribution in [3.63, 3.8) is 0 Å². The molecule has 0 saturated carbocycles. The highest BCUT2D eigenvalue weighted by Crippen LogP contribution is 2.23. The van der Waals surface area contributed by atoms with E-state index in [0.717, 1.165) is 24.3 Å². The van der Waals surface area contributed by atoms with E-state index in [2.05, 4.69) is 4.74 Å². The first kappa shape index (κ1) is 15.7. The monoisotopic (exact) mass is 285 g/mol. The van der Waals surface area contributed by atoms with Gasteiger partial charge < -0.3 is 4.74 Å². The van der Waals surface area contributed by atoms with Crippen LogP contribution in [0.1, 0.15) is 23.7 Å². The minimum Gasteiger partial charge on any atom is -0.406 e. The van der Waals surface area contributed by atoms with Crippen molar-refractivity contribution in [1.29, 1.82) is 5.26 Å². The predicted molar refractivity (Wildman–Crippen MR) is 61.9 cm³/mol. The van der Waals surface area contributed by atoms with Crippen molar-refractivity contribution in [2.75, 3.05) is 0 Å². The zero-order chi connectivity index (χ0) is 15.3. The van der Waals surface area contributed by atoms with Gasteiger partial charge in [0.1, 0.15) is 11.5 Å². The Hall–Kier alpha value is -2.36. The van der Waals surface area contributed by atoms with Crippen molar-refractivity contribution in [2.24, 2.45) is 5.92 Å². The SMILES string of the molecule is CC(=O)C(CC#N)C(=O)c1ccc(OC(F)(F)F)cc1. The summed E-state index contributed by atoms with van der Waals surface area (Å²) >= 11 is 0. The van der Waals surface area contributed by atoms with Crippen LogP contribution in [0.5, 0.6) is 5.75 Å². The third kappa shape index (κ3) is 4.39. The van der Waals surface area contributed by atoms with E-state index in [1.165, 1.54) is 6.92 Å². The van der Waals surface area contributed by atoms with Crippen molar-refractivity contribution in [3.8, 4) is 11.8 Å². The molecule has 1 unspecified atom stereocenters. The molecule has 0 aromatic heterocycles. The molecule has 0 saturated heterocycles. The molecule has 0 aliphatic heterocycles. The summed E-state index contributed by atoms with van der Waals surface area (Å²) in [4.78, 5) is 23.2. The Morgan fingerprint density at radius 2 is 1.85 bits per heavy atom. The van der Waals surface area contributed by atoms with Gasteiger partial charge in [0.05, 0.1) is 18.4 Å². The van der Waals surface area contributed by atoms with Crippen molar-refractivity contribution in [3.05, 3.63) is 29.8 Å². The normalized spacial score (nSPS) is 12.3. The second kappa shape index (κ2) is 6.19. The number of rotatable bonds is 5. The van der Waals surface area contributed by atoms with Crippen LogP contribution in [0.2, 0.25) is 0 Å². The van der Waals surface area contributed by atoms with E-state index < -0.39 is 29.6 Å². The maximum Gasteiger partial charge on any atom is 0.573 e. The summed E-state index contributed by atoms with van der Waals surface area (Å²) in [6.45, 7) is 1.18. The third-order valence-electron chi connectivity index (χ3n) is 2.48. The lowest BCUT2D eigenvalue weighted by Crippen LogP contribution is -2.22. The number of hydrogen-bond donors (Lipinski definition) is 0. The highest BCUT2D eigenvalue weighted by Gasteiger charge is 2.31. The number of Topliss-reactive ketones (excluding diaryl/α,β-unsaturated/α-hetero) is 2. The van der Waals surface area contributed by atoms with Crippen molar-refractivity contribution in [1.82, 2.24) is 0 Å². The van der Waals surface area contributed by atoms with Gasteiger partial charge in [-0.05, 0) is 31.2 Å². The summed E-state index contributed by atoms with van der Waals surface area (Å²) in [6.07, 6.45) is -5.08. The smallest absolute Gasteiger partial charge is 0.406 e. The summed E-state index contributed by atoms with van der Waals surface area (Å²) in [5.74, 6) is -2.63. The Balaban J connectivity index is 2.90. The van der Waals surface area contributed by atoms with Crippen molar-refractivity contribution >= 4 is 11.6 Å². The molecule has 0 N–H and O–H groups in total. The first-order valence-corrected chi connectivity index (χ1v) is 5.52. The molecule has 1 rings (SSSR count). The number of nitrogens with zero attached hydrogens (tertiary/aromatic N) is 1. The van der Waals surface area contributed by atoms with E-state index in [4.69, 9.17) is 5.26 Å². The first-order valence-electron chi connectivity index (χ1n) is 5.52. The summed E-state index contributed by atoms with van der Waals surface area (Å²) < 4.78 is 39.6. The van der Waals surface area contributed by atoms with E-state index in [1.54, 1.807) is 6.07 Å². The Kier molecular flexibility index (Phi) is 4.86. The third-order valence-corrected chi connectivity index (χ3v) is 2.48. The molecular weight excluding hydrogens is 275 g/mol. The van der Waals surface area contributed by atoms with Gasteiger partial charge in [0.25, 0.3) is 0 Å². The lowest BCUT2D eigenvalue weighted by atomic mass is 9.92. The Labute approximate surface area is 112 Å². The maximum absolute atomic E-state index is 12.0. The van der Waals surface area contributed by atoms with Gasteiger partial charge in [-0.3, -0.25) is 9.59 Å². The van der Waals surface area contributed by atoms with Crippen molar-refractivity contribution in [2.45, 2.75) is 19.7 Å². The van der Waals surface area contributed by atoms with Crippen LogP contribution in [-0.4, -0.2) is 17.9 Å². The number of ketones is 2. The second-order valence-electron chi connectivity index (χ2n) is 3.96. The van der Waals surface area contributed by atoms with Crippen LogP contribution >= 0.6 is 0 Å². The molecule has 7 heteroatoms. The molecule has 4 nitrogen and oxygen atoms in total.